The lowest BCUT2D eigenvalue weighted by molar-refractivity contribution is -0.113. The van der Waals surface area contributed by atoms with Crippen LogP contribution in [-0.4, -0.2) is 21.2 Å². The summed E-state index contributed by atoms with van der Waals surface area (Å²) in [5, 5.41) is 3.36. The van der Waals surface area contributed by atoms with Gasteiger partial charge in [-0.2, -0.15) is 0 Å². The highest BCUT2D eigenvalue weighted by molar-refractivity contribution is 7.99. The molecule has 0 fully saturated rings. The zero-order chi connectivity index (χ0) is 22.9. The number of anilines is 1. The van der Waals surface area contributed by atoms with E-state index < -0.39 is 17.2 Å². The first-order valence-electron chi connectivity index (χ1n) is 10.5. The highest BCUT2D eigenvalue weighted by Gasteiger charge is 2.17. The van der Waals surface area contributed by atoms with Gasteiger partial charge in [-0.05, 0) is 66.8 Å². The lowest BCUT2D eigenvalue weighted by Gasteiger charge is -2.14. The van der Waals surface area contributed by atoms with Gasteiger partial charge < -0.3 is 5.32 Å². The van der Waals surface area contributed by atoms with Gasteiger partial charge in [0.2, 0.25) is 5.91 Å². The summed E-state index contributed by atoms with van der Waals surface area (Å²) >= 11 is 1.03. The molecule has 1 heterocycles. The van der Waals surface area contributed by atoms with Crippen LogP contribution in [0.5, 0.6) is 0 Å². The highest BCUT2D eigenvalue weighted by Crippen LogP contribution is 2.26. The summed E-state index contributed by atoms with van der Waals surface area (Å²) in [7, 11) is 0. The van der Waals surface area contributed by atoms with E-state index in [1.165, 1.54) is 11.1 Å². The fourth-order valence-corrected chi connectivity index (χ4v) is 4.89. The third kappa shape index (κ3) is 4.39. The lowest BCUT2D eigenvalue weighted by atomic mass is 10.1. The Hall–Kier alpha value is -3.52. The van der Waals surface area contributed by atoms with Gasteiger partial charge in [0.05, 0.1) is 22.3 Å². The minimum absolute atomic E-state index is 0.0114. The van der Waals surface area contributed by atoms with E-state index in [-0.39, 0.29) is 22.5 Å². The molecule has 0 saturated heterocycles. The molecule has 0 bridgehead atoms. The average molecular weight is 464 g/mol. The predicted octanol–water partition coefficient (Wildman–Crippen LogP) is 4.88. The van der Waals surface area contributed by atoms with Crippen LogP contribution in [0.25, 0.3) is 16.6 Å². The predicted molar refractivity (Wildman–Crippen MR) is 125 cm³/mol. The molecule has 0 aliphatic heterocycles. The zero-order valence-electron chi connectivity index (χ0n) is 17.5. The van der Waals surface area contributed by atoms with Gasteiger partial charge in [0, 0.05) is 11.8 Å². The first-order chi connectivity index (χ1) is 16.0. The second-order valence-electron chi connectivity index (χ2n) is 7.85. The van der Waals surface area contributed by atoms with Crippen LogP contribution in [0.15, 0.2) is 70.6 Å². The number of amides is 1. The molecular formula is C25H19F2N3O2S. The van der Waals surface area contributed by atoms with E-state index in [0.717, 1.165) is 59.5 Å². The standard InChI is InChI=1S/C25H19F2N3O2S/c26-17-11-18(27)13-20(12-17)30-24(32)21-6-1-2-7-22(21)29-25(30)33-14-23(31)28-19-9-8-15-4-3-5-16(15)10-19/h1-2,6-13H,3-5,14H2,(H,28,31). The Morgan fingerprint density at radius 2 is 1.76 bits per heavy atom. The second kappa shape index (κ2) is 8.78. The number of aryl methyl sites for hydroxylation is 2. The molecular weight excluding hydrogens is 444 g/mol. The molecule has 1 N–H and O–H groups in total. The quantitative estimate of drug-likeness (QED) is 0.338. The van der Waals surface area contributed by atoms with Crippen molar-refractivity contribution < 1.29 is 13.6 Å². The van der Waals surface area contributed by atoms with Crippen molar-refractivity contribution in [1.82, 2.24) is 9.55 Å². The van der Waals surface area contributed by atoms with Crippen molar-refractivity contribution in [3.63, 3.8) is 0 Å². The van der Waals surface area contributed by atoms with E-state index in [1.807, 2.05) is 18.2 Å². The van der Waals surface area contributed by atoms with Gasteiger partial charge in [-0.25, -0.2) is 13.8 Å². The zero-order valence-corrected chi connectivity index (χ0v) is 18.3. The number of nitrogens with zero attached hydrogens (tertiary/aromatic N) is 2. The van der Waals surface area contributed by atoms with Crippen LogP contribution in [0.1, 0.15) is 17.5 Å². The third-order valence-corrected chi connectivity index (χ3v) is 6.50. The van der Waals surface area contributed by atoms with Crippen LogP contribution in [0.3, 0.4) is 0 Å². The van der Waals surface area contributed by atoms with Crippen molar-refractivity contribution in [3.05, 3.63) is 93.8 Å². The fraction of sp³-hybridized carbons (Fsp3) is 0.160. The number of halogens is 2. The number of rotatable bonds is 5. The molecule has 0 saturated carbocycles. The molecule has 1 amide bonds. The molecule has 0 unspecified atom stereocenters. The number of hydrogen-bond acceptors (Lipinski definition) is 4. The largest absolute Gasteiger partial charge is 0.325 e. The Balaban J connectivity index is 1.45. The van der Waals surface area contributed by atoms with Crippen molar-refractivity contribution >= 4 is 34.3 Å². The summed E-state index contributed by atoms with van der Waals surface area (Å²) in [6.45, 7) is 0. The van der Waals surface area contributed by atoms with Gasteiger partial charge in [-0.3, -0.25) is 14.2 Å². The maximum absolute atomic E-state index is 13.9. The molecule has 5 nitrogen and oxygen atoms in total. The van der Waals surface area contributed by atoms with Crippen molar-refractivity contribution in [2.45, 2.75) is 24.4 Å². The second-order valence-corrected chi connectivity index (χ2v) is 8.80. The van der Waals surface area contributed by atoms with E-state index in [1.54, 1.807) is 24.3 Å². The molecule has 33 heavy (non-hydrogen) atoms. The third-order valence-electron chi connectivity index (χ3n) is 5.57. The SMILES string of the molecule is O=C(CSc1nc2ccccc2c(=O)n1-c1cc(F)cc(F)c1)Nc1ccc2c(c1)CCC2. The number of nitrogens with one attached hydrogen (secondary N) is 1. The monoisotopic (exact) mass is 463 g/mol. The van der Waals surface area contributed by atoms with E-state index in [9.17, 15) is 18.4 Å². The smallest absolute Gasteiger partial charge is 0.266 e. The molecule has 1 aliphatic carbocycles. The maximum Gasteiger partial charge on any atom is 0.266 e. The summed E-state index contributed by atoms with van der Waals surface area (Å²) < 4.78 is 28.9. The van der Waals surface area contributed by atoms with Crippen LogP contribution in [-0.2, 0) is 17.6 Å². The van der Waals surface area contributed by atoms with Crippen LogP contribution < -0.4 is 10.9 Å². The molecule has 3 aromatic carbocycles. The number of hydrogen-bond donors (Lipinski definition) is 1. The summed E-state index contributed by atoms with van der Waals surface area (Å²) in [5.41, 5.74) is 3.27. The van der Waals surface area contributed by atoms with Crippen LogP contribution in [0.4, 0.5) is 14.5 Å². The molecule has 0 spiro atoms. The molecule has 1 aliphatic rings. The number of thioether (sulfide) groups is 1. The van der Waals surface area contributed by atoms with Gasteiger partial charge >= 0.3 is 0 Å². The Bertz CT molecular complexity index is 1430. The molecule has 0 atom stereocenters. The summed E-state index contributed by atoms with van der Waals surface area (Å²) in [6.07, 6.45) is 3.19. The molecule has 1 aromatic heterocycles. The molecule has 0 radical (unpaired) electrons. The fourth-order valence-electron chi connectivity index (χ4n) is 4.08. The topological polar surface area (TPSA) is 64.0 Å². The number of aromatic nitrogens is 2. The number of carbonyl (C=O) groups excluding carboxylic acids is 1. The minimum atomic E-state index is -0.810. The van der Waals surface area contributed by atoms with Gasteiger partial charge in [-0.15, -0.1) is 0 Å². The Morgan fingerprint density at radius 1 is 1.00 bits per heavy atom. The van der Waals surface area contributed by atoms with Gasteiger partial charge in [-0.1, -0.05) is 30.0 Å². The first kappa shape index (κ1) is 21.3. The van der Waals surface area contributed by atoms with Gasteiger partial charge in [0.25, 0.3) is 5.56 Å². The van der Waals surface area contributed by atoms with E-state index in [4.69, 9.17) is 0 Å². The first-order valence-corrected chi connectivity index (χ1v) is 11.5. The number of carbonyl (C=O) groups is 1. The van der Waals surface area contributed by atoms with E-state index in [0.29, 0.717) is 10.9 Å². The highest BCUT2D eigenvalue weighted by atomic mass is 32.2. The van der Waals surface area contributed by atoms with Crippen LogP contribution in [0.2, 0.25) is 0 Å². The Morgan fingerprint density at radius 3 is 2.58 bits per heavy atom. The molecule has 8 heteroatoms. The summed E-state index contributed by atoms with van der Waals surface area (Å²) in [4.78, 5) is 30.3. The van der Waals surface area contributed by atoms with Crippen molar-refractivity contribution in [3.8, 4) is 5.69 Å². The number of fused-ring (bicyclic) bond motifs is 2. The summed E-state index contributed by atoms with van der Waals surface area (Å²) in [6, 6.07) is 15.5. The van der Waals surface area contributed by atoms with E-state index in [2.05, 4.69) is 10.3 Å². The van der Waals surface area contributed by atoms with Crippen LogP contribution >= 0.6 is 11.8 Å². The van der Waals surface area contributed by atoms with Crippen molar-refractivity contribution in [2.75, 3.05) is 11.1 Å². The normalized spacial score (nSPS) is 12.7. The Kier molecular flexibility index (Phi) is 5.68. The molecule has 5 rings (SSSR count). The molecule has 166 valence electrons. The van der Waals surface area contributed by atoms with Crippen molar-refractivity contribution in [1.29, 1.82) is 0 Å². The molecule has 4 aromatic rings. The van der Waals surface area contributed by atoms with Gasteiger partial charge in [0.1, 0.15) is 11.6 Å². The number of para-hydroxylation sites is 1. The summed E-state index contributed by atoms with van der Waals surface area (Å²) in [5.74, 6) is -1.91. The van der Waals surface area contributed by atoms with E-state index >= 15 is 0 Å². The van der Waals surface area contributed by atoms with Crippen LogP contribution in [0, 0.1) is 11.6 Å². The maximum atomic E-state index is 13.9. The Labute approximate surface area is 192 Å². The average Bonchev–Trinajstić information content (AvgIpc) is 3.25. The minimum Gasteiger partial charge on any atom is -0.325 e. The number of benzene rings is 3. The lowest BCUT2D eigenvalue weighted by Crippen LogP contribution is -2.23. The van der Waals surface area contributed by atoms with Gasteiger partial charge in [0.15, 0.2) is 5.16 Å². The van der Waals surface area contributed by atoms with Crippen molar-refractivity contribution in [2.24, 2.45) is 0 Å².